The summed E-state index contributed by atoms with van der Waals surface area (Å²) in [6.07, 6.45) is 2.37. The fraction of sp³-hybridized carbons (Fsp3) is 0.444. The molecule has 2 aliphatic heterocycles. The van der Waals surface area contributed by atoms with Crippen LogP contribution in [0.1, 0.15) is 18.5 Å². The molecule has 3 aromatic rings. The van der Waals surface area contributed by atoms with E-state index in [2.05, 4.69) is 25.0 Å². The van der Waals surface area contributed by atoms with Crippen LogP contribution >= 0.6 is 0 Å². The van der Waals surface area contributed by atoms with E-state index >= 15 is 0 Å². The lowest BCUT2D eigenvalue weighted by Gasteiger charge is -2.25. The van der Waals surface area contributed by atoms with Crippen LogP contribution in [-0.4, -0.2) is 69.2 Å². The van der Waals surface area contributed by atoms with Crippen molar-refractivity contribution in [3.05, 3.63) is 36.4 Å². The van der Waals surface area contributed by atoms with Gasteiger partial charge in [0.2, 0.25) is 10.0 Å². The van der Waals surface area contributed by atoms with Gasteiger partial charge in [-0.05, 0) is 24.5 Å². The summed E-state index contributed by atoms with van der Waals surface area (Å²) in [6, 6.07) is 4.56. The average molecular weight is 435 g/mol. The second-order valence-corrected chi connectivity index (χ2v) is 9.61. The summed E-state index contributed by atoms with van der Waals surface area (Å²) in [6.45, 7) is 1.72. The molecule has 0 aliphatic carbocycles. The zero-order valence-electron chi connectivity index (χ0n) is 16.1. The van der Waals surface area contributed by atoms with E-state index in [0.29, 0.717) is 35.9 Å². The lowest BCUT2D eigenvalue weighted by Crippen LogP contribution is -2.37. The van der Waals surface area contributed by atoms with E-state index in [9.17, 15) is 17.2 Å². The predicted octanol–water partition coefficient (Wildman–Crippen LogP) is 1.59. The molecule has 12 heteroatoms. The van der Waals surface area contributed by atoms with Gasteiger partial charge in [0.05, 0.1) is 18.1 Å². The summed E-state index contributed by atoms with van der Waals surface area (Å²) in [5.41, 5.74) is 1.09. The molecular formula is C18H19F2N7O2S. The number of imidazole rings is 1. The first-order valence-electron chi connectivity index (χ1n) is 9.48. The number of anilines is 1. The van der Waals surface area contributed by atoms with Crippen molar-refractivity contribution >= 4 is 21.5 Å². The highest BCUT2D eigenvalue weighted by Gasteiger charge is 2.44. The smallest absolute Gasteiger partial charge is 0.282 e. The highest BCUT2D eigenvalue weighted by atomic mass is 32.2. The zero-order chi connectivity index (χ0) is 21.0. The Hall–Kier alpha value is -2.73. The fourth-order valence-electron chi connectivity index (χ4n) is 4.30. The molecular weight excluding hydrogens is 416 g/mol. The Balaban J connectivity index is 1.48. The Morgan fingerprint density at radius 1 is 1.17 bits per heavy atom. The van der Waals surface area contributed by atoms with Gasteiger partial charge in [0.15, 0.2) is 5.65 Å². The van der Waals surface area contributed by atoms with Crippen LogP contribution in [0.2, 0.25) is 0 Å². The van der Waals surface area contributed by atoms with E-state index in [1.807, 2.05) is 0 Å². The van der Waals surface area contributed by atoms with Crippen LogP contribution in [0.15, 0.2) is 30.7 Å². The number of sulfonamides is 1. The third-order valence-electron chi connectivity index (χ3n) is 5.80. The minimum atomic E-state index is -3.24. The summed E-state index contributed by atoms with van der Waals surface area (Å²) in [5, 5.41) is 3.99. The maximum Gasteiger partial charge on any atom is 0.282 e. The van der Waals surface area contributed by atoms with Crippen molar-refractivity contribution in [2.24, 2.45) is 5.92 Å². The van der Waals surface area contributed by atoms with Gasteiger partial charge in [-0.3, -0.25) is 0 Å². The number of alkyl halides is 2. The third kappa shape index (κ3) is 3.19. The maximum absolute atomic E-state index is 13.1. The van der Waals surface area contributed by atoms with E-state index < -0.39 is 16.4 Å². The molecule has 9 nitrogen and oxygen atoms in total. The monoisotopic (exact) mass is 435 g/mol. The van der Waals surface area contributed by atoms with Crippen molar-refractivity contribution in [2.75, 3.05) is 30.8 Å². The normalized spacial score (nSPS) is 22.3. The molecule has 0 aromatic carbocycles. The Morgan fingerprint density at radius 2 is 2.00 bits per heavy atom. The van der Waals surface area contributed by atoms with E-state index in [0.717, 1.165) is 13.0 Å². The molecule has 0 spiro atoms. The number of aromatic nitrogens is 5. The summed E-state index contributed by atoms with van der Waals surface area (Å²) in [4.78, 5) is 15.0. The van der Waals surface area contributed by atoms with Crippen molar-refractivity contribution in [1.29, 1.82) is 0 Å². The number of nitrogens with zero attached hydrogens (tertiary/aromatic N) is 7. The Bertz CT molecular complexity index is 1220. The van der Waals surface area contributed by atoms with Gasteiger partial charge < -0.3 is 4.90 Å². The molecule has 2 unspecified atom stereocenters. The number of fused-ring (bicyclic) bond motifs is 2. The highest BCUT2D eigenvalue weighted by Crippen LogP contribution is 2.36. The molecule has 2 fully saturated rings. The molecule has 2 saturated heterocycles. The maximum atomic E-state index is 13.1. The van der Waals surface area contributed by atoms with Gasteiger partial charge in [-0.25, -0.2) is 36.7 Å². The molecule has 0 saturated carbocycles. The molecule has 30 heavy (non-hydrogen) atoms. The topological polar surface area (TPSA) is 96.6 Å². The number of halogens is 2. The Morgan fingerprint density at radius 3 is 2.77 bits per heavy atom. The summed E-state index contributed by atoms with van der Waals surface area (Å²) in [5.74, 6) is 0.923. The standard InChI is InChI=1S/C18H19F2N7O2S/c1-30(28,29)25-8-11-4-5-26(15(11)9-25)17-6-13(22-10-23-17)14-7-21-16-3-2-12(18(19)20)24-27(14)16/h2-3,6-7,10-11,15,18H,4-5,8-9H2,1H3. The summed E-state index contributed by atoms with van der Waals surface area (Å²) in [7, 11) is -3.24. The average Bonchev–Trinajstić information content (AvgIpc) is 3.40. The Kier molecular flexibility index (Phi) is 4.43. The van der Waals surface area contributed by atoms with Crippen molar-refractivity contribution < 1.29 is 17.2 Å². The van der Waals surface area contributed by atoms with Crippen LogP contribution in [-0.2, 0) is 10.0 Å². The summed E-state index contributed by atoms with van der Waals surface area (Å²) < 4.78 is 52.9. The van der Waals surface area contributed by atoms with Gasteiger partial charge >= 0.3 is 0 Å². The zero-order valence-corrected chi connectivity index (χ0v) is 16.9. The first-order chi connectivity index (χ1) is 14.3. The van der Waals surface area contributed by atoms with E-state index in [-0.39, 0.29) is 17.7 Å². The van der Waals surface area contributed by atoms with Crippen LogP contribution in [0.3, 0.4) is 0 Å². The number of hydrogen-bond acceptors (Lipinski definition) is 7. The molecule has 5 rings (SSSR count). The largest absolute Gasteiger partial charge is 0.352 e. The summed E-state index contributed by atoms with van der Waals surface area (Å²) >= 11 is 0. The van der Waals surface area contributed by atoms with Crippen LogP contribution in [0.25, 0.3) is 17.0 Å². The van der Waals surface area contributed by atoms with Crippen LogP contribution in [0.5, 0.6) is 0 Å². The quantitative estimate of drug-likeness (QED) is 0.614. The molecule has 0 amide bonds. The minimum Gasteiger partial charge on any atom is -0.352 e. The molecule has 5 heterocycles. The van der Waals surface area contributed by atoms with E-state index in [4.69, 9.17) is 0 Å². The van der Waals surface area contributed by atoms with Gasteiger partial charge in [0.25, 0.3) is 6.43 Å². The minimum absolute atomic E-state index is 0.0493. The number of rotatable bonds is 4. The highest BCUT2D eigenvalue weighted by molar-refractivity contribution is 7.88. The van der Waals surface area contributed by atoms with Gasteiger partial charge in [-0.2, -0.15) is 9.40 Å². The second kappa shape index (κ2) is 6.91. The van der Waals surface area contributed by atoms with Crippen LogP contribution in [0, 0.1) is 5.92 Å². The first-order valence-corrected chi connectivity index (χ1v) is 11.3. The van der Waals surface area contributed by atoms with Crippen molar-refractivity contribution in [3.8, 4) is 11.4 Å². The molecule has 158 valence electrons. The third-order valence-corrected chi connectivity index (χ3v) is 7.04. The molecule has 3 aromatic heterocycles. The second-order valence-electron chi connectivity index (χ2n) is 7.62. The first kappa shape index (κ1) is 19.2. The SMILES string of the molecule is CS(=O)(=O)N1CC2CCN(c3cc(-c4cnc5ccc(C(F)F)nn45)ncn3)C2C1. The number of hydrogen-bond donors (Lipinski definition) is 0. The fourth-order valence-corrected chi connectivity index (χ4v) is 5.19. The van der Waals surface area contributed by atoms with Gasteiger partial charge in [0.1, 0.15) is 23.5 Å². The molecule has 0 N–H and O–H groups in total. The van der Waals surface area contributed by atoms with Crippen molar-refractivity contribution in [2.45, 2.75) is 18.9 Å². The Labute approximate surface area is 171 Å². The molecule has 0 bridgehead atoms. The lowest BCUT2D eigenvalue weighted by molar-refractivity contribution is 0.144. The lowest BCUT2D eigenvalue weighted by atomic mass is 10.1. The van der Waals surface area contributed by atoms with Crippen LogP contribution < -0.4 is 4.90 Å². The molecule has 0 radical (unpaired) electrons. The van der Waals surface area contributed by atoms with Crippen LogP contribution in [0.4, 0.5) is 14.6 Å². The molecule has 2 aliphatic rings. The van der Waals surface area contributed by atoms with Crippen molar-refractivity contribution in [1.82, 2.24) is 28.9 Å². The van der Waals surface area contributed by atoms with Gasteiger partial charge in [-0.1, -0.05) is 0 Å². The molecule has 2 atom stereocenters. The van der Waals surface area contributed by atoms with Gasteiger partial charge in [0, 0.05) is 31.7 Å². The van der Waals surface area contributed by atoms with E-state index in [1.165, 1.54) is 39.7 Å². The van der Waals surface area contributed by atoms with Crippen molar-refractivity contribution in [3.63, 3.8) is 0 Å². The van der Waals surface area contributed by atoms with E-state index in [1.54, 1.807) is 6.07 Å². The predicted molar refractivity (Wildman–Crippen MR) is 105 cm³/mol. The van der Waals surface area contributed by atoms with Gasteiger partial charge in [-0.15, -0.1) is 0 Å².